The summed E-state index contributed by atoms with van der Waals surface area (Å²) >= 11 is 3.63. The van der Waals surface area contributed by atoms with Crippen LogP contribution in [-0.4, -0.2) is 55.6 Å². The molecule has 5 heteroatoms. The molecule has 0 aliphatic carbocycles. The summed E-state index contributed by atoms with van der Waals surface area (Å²) in [6.07, 6.45) is 2.15. The maximum absolute atomic E-state index is 5.85. The highest BCUT2D eigenvalue weighted by atomic mass is 79.9. The molecule has 1 aromatic carbocycles. The lowest BCUT2D eigenvalue weighted by Crippen LogP contribution is -2.55. The molecule has 4 nitrogen and oxygen atoms in total. The van der Waals surface area contributed by atoms with E-state index in [4.69, 9.17) is 5.84 Å². The van der Waals surface area contributed by atoms with E-state index in [0.717, 1.165) is 30.5 Å². The molecule has 0 bridgehead atoms. The monoisotopic (exact) mass is 340 g/mol. The molecule has 1 aromatic rings. The van der Waals surface area contributed by atoms with E-state index in [9.17, 15) is 0 Å². The van der Waals surface area contributed by atoms with Crippen molar-refractivity contribution in [3.8, 4) is 0 Å². The zero-order chi connectivity index (χ0) is 14.5. The summed E-state index contributed by atoms with van der Waals surface area (Å²) in [4.78, 5) is 4.84. The number of benzene rings is 1. The van der Waals surface area contributed by atoms with Crippen molar-refractivity contribution >= 4 is 15.9 Å². The molecule has 1 aliphatic rings. The first-order valence-electron chi connectivity index (χ1n) is 7.20. The first-order valence-corrected chi connectivity index (χ1v) is 7.99. The molecule has 1 heterocycles. The predicted octanol–water partition coefficient (Wildman–Crippen LogP) is 1.46. The van der Waals surface area contributed by atoms with Crippen LogP contribution in [-0.2, 0) is 6.42 Å². The number of hydrazine groups is 1. The Morgan fingerprint density at radius 2 is 2.10 bits per heavy atom. The summed E-state index contributed by atoms with van der Waals surface area (Å²) in [5.74, 6) is 5.85. The highest BCUT2D eigenvalue weighted by Crippen LogP contribution is 2.20. The first kappa shape index (κ1) is 15.9. The zero-order valence-corrected chi connectivity index (χ0v) is 13.9. The van der Waals surface area contributed by atoms with Crippen molar-refractivity contribution in [3.63, 3.8) is 0 Å². The van der Waals surface area contributed by atoms with E-state index < -0.39 is 0 Å². The molecular weight excluding hydrogens is 316 g/mol. The van der Waals surface area contributed by atoms with Crippen LogP contribution >= 0.6 is 15.9 Å². The lowest BCUT2D eigenvalue weighted by molar-refractivity contribution is 0.177. The lowest BCUT2D eigenvalue weighted by atomic mass is 9.98. The van der Waals surface area contributed by atoms with Crippen LogP contribution in [0.25, 0.3) is 0 Å². The number of hydrogen-bond acceptors (Lipinski definition) is 4. The van der Waals surface area contributed by atoms with Gasteiger partial charge < -0.3 is 9.80 Å². The second-order valence-electron chi connectivity index (χ2n) is 5.73. The van der Waals surface area contributed by atoms with E-state index in [0.29, 0.717) is 6.04 Å². The van der Waals surface area contributed by atoms with Crippen LogP contribution in [0.5, 0.6) is 0 Å². The molecule has 0 aromatic heterocycles. The summed E-state index contributed by atoms with van der Waals surface area (Å²) in [6.45, 7) is 3.34. The third kappa shape index (κ3) is 4.02. The molecule has 0 spiro atoms. The minimum atomic E-state index is 0.249. The van der Waals surface area contributed by atoms with Gasteiger partial charge in [-0.15, -0.1) is 0 Å². The molecule has 20 heavy (non-hydrogen) atoms. The molecule has 0 saturated carbocycles. The number of nitrogens with one attached hydrogen (secondary N) is 1. The van der Waals surface area contributed by atoms with Gasteiger partial charge in [0.1, 0.15) is 0 Å². The average molecular weight is 341 g/mol. The molecule has 2 rings (SSSR count). The number of likely N-dealkylation sites (N-methyl/N-ethyl adjacent to an activating group) is 2. The van der Waals surface area contributed by atoms with Crippen molar-refractivity contribution in [1.82, 2.24) is 15.2 Å². The van der Waals surface area contributed by atoms with Gasteiger partial charge in [0.15, 0.2) is 0 Å². The predicted molar refractivity (Wildman–Crippen MR) is 87.5 cm³/mol. The number of nitrogens with two attached hydrogens (primary N) is 1. The largest absolute Gasteiger partial charge is 0.305 e. The van der Waals surface area contributed by atoms with Crippen molar-refractivity contribution in [2.24, 2.45) is 5.84 Å². The van der Waals surface area contributed by atoms with Crippen LogP contribution in [0.2, 0.25) is 0 Å². The molecule has 3 N–H and O–H groups in total. The molecule has 2 atom stereocenters. The van der Waals surface area contributed by atoms with Gasteiger partial charge in [0.25, 0.3) is 0 Å². The fourth-order valence-electron chi connectivity index (χ4n) is 2.95. The minimum absolute atomic E-state index is 0.249. The van der Waals surface area contributed by atoms with Gasteiger partial charge in [-0.2, -0.15) is 0 Å². The Hall–Kier alpha value is -0.460. The topological polar surface area (TPSA) is 44.5 Å². The Morgan fingerprint density at radius 3 is 2.80 bits per heavy atom. The van der Waals surface area contributed by atoms with Crippen LogP contribution < -0.4 is 11.3 Å². The highest BCUT2D eigenvalue weighted by molar-refractivity contribution is 9.10. The van der Waals surface area contributed by atoms with Crippen LogP contribution in [0.3, 0.4) is 0 Å². The third-order valence-corrected chi connectivity index (χ3v) is 4.97. The maximum Gasteiger partial charge on any atom is 0.0419 e. The fraction of sp³-hybridized carbons (Fsp3) is 0.600. The molecule has 1 fully saturated rings. The van der Waals surface area contributed by atoms with Gasteiger partial charge in [0, 0.05) is 23.1 Å². The van der Waals surface area contributed by atoms with E-state index >= 15 is 0 Å². The summed E-state index contributed by atoms with van der Waals surface area (Å²) in [6, 6.07) is 9.06. The number of rotatable bonds is 4. The third-order valence-electron chi connectivity index (χ3n) is 4.19. The van der Waals surface area contributed by atoms with Gasteiger partial charge in [0.05, 0.1) is 0 Å². The summed E-state index contributed by atoms with van der Waals surface area (Å²) in [5, 5.41) is 0. The fourth-order valence-corrected chi connectivity index (χ4v) is 3.39. The summed E-state index contributed by atoms with van der Waals surface area (Å²) in [5.41, 5.74) is 4.34. The maximum atomic E-state index is 5.85. The van der Waals surface area contributed by atoms with Gasteiger partial charge >= 0.3 is 0 Å². The Labute approximate surface area is 130 Å². The molecule has 112 valence electrons. The summed E-state index contributed by atoms with van der Waals surface area (Å²) < 4.78 is 1.16. The number of hydrogen-bond donors (Lipinski definition) is 2. The Kier molecular flexibility index (Phi) is 5.99. The highest BCUT2D eigenvalue weighted by Gasteiger charge is 2.28. The van der Waals surface area contributed by atoms with Crippen molar-refractivity contribution in [1.29, 1.82) is 0 Å². The number of nitrogens with zero attached hydrogens (tertiary/aromatic N) is 2. The van der Waals surface area contributed by atoms with E-state index in [1.165, 1.54) is 12.0 Å². The van der Waals surface area contributed by atoms with E-state index in [-0.39, 0.29) is 6.04 Å². The van der Waals surface area contributed by atoms with Crippen molar-refractivity contribution in [3.05, 3.63) is 34.3 Å². The summed E-state index contributed by atoms with van der Waals surface area (Å²) in [7, 11) is 4.40. The molecule has 0 radical (unpaired) electrons. The molecule has 1 aliphatic heterocycles. The molecule has 1 saturated heterocycles. The van der Waals surface area contributed by atoms with Gasteiger partial charge in [0.2, 0.25) is 0 Å². The van der Waals surface area contributed by atoms with E-state index in [1.54, 1.807) is 0 Å². The van der Waals surface area contributed by atoms with Gasteiger partial charge in [-0.3, -0.25) is 11.3 Å². The number of halogens is 1. The standard InChI is InChI=1S/C15H25BrN4/c1-19-8-5-9-20(2)15(11-19)14(18-17)10-12-6-3-4-7-13(12)16/h3-4,6-7,14-15,18H,5,8-11,17H2,1-2H3. The quantitative estimate of drug-likeness (QED) is 0.643. The minimum Gasteiger partial charge on any atom is -0.305 e. The Balaban J connectivity index is 2.12. The van der Waals surface area contributed by atoms with E-state index in [2.05, 4.69) is 63.4 Å². The van der Waals surface area contributed by atoms with Gasteiger partial charge in [-0.05, 0) is 51.7 Å². The van der Waals surface area contributed by atoms with Crippen LogP contribution in [0.15, 0.2) is 28.7 Å². The van der Waals surface area contributed by atoms with Crippen LogP contribution in [0, 0.1) is 0 Å². The Morgan fingerprint density at radius 1 is 1.35 bits per heavy atom. The SMILES string of the molecule is CN1CCCN(C)C(C(Cc2ccccc2Br)NN)C1. The Bertz CT molecular complexity index is 426. The second kappa shape index (κ2) is 7.52. The second-order valence-corrected chi connectivity index (χ2v) is 6.59. The molecule has 0 amide bonds. The smallest absolute Gasteiger partial charge is 0.0419 e. The normalized spacial score (nSPS) is 23.5. The molecular formula is C15H25BrN4. The first-order chi connectivity index (χ1) is 9.61. The molecule has 2 unspecified atom stereocenters. The van der Waals surface area contributed by atoms with Crippen molar-refractivity contribution < 1.29 is 0 Å². The van der Waals surface area contributed by atoms with E-state index in [1.807, 2.05) is 6.07 Å². The van der Waals surface area contributed by atoms with Crippen molar-refractivity contribution in [2.45, 2.75) is 24.9 Å². The van der Waals surface area contributed by atoms with Gasteiger partial charge in [-0.25, -0.2) is 0 Å². The van der Waals surface area contributed by atoms with Crippen LogP contribution in [0.1, 0.15) is 12.0 Å². The van der Waals surface area contributed by atoms with Crippen LogP contribution in [0.4, 0.5) is 0 Å². The average Bonchev–Trinajstić information content (AvgIpc) is 2.60. The lowest BCUT2D eigenvalue weighted by Gasteiger charge is -2.34. The van der Waals surface area contributed by atoms with Gasteiger partial charge in [-0.1, -0.05) is 34.1 Å². The zero-order valence-electron chi connectivity index (χ0n) is 12.3. The van der Waals surface area contributed by atoms with Crippen molar-refractivity contribution in [2.75, 3.05) is 33.7 Å².